The number of aryl methyl sites for hydroxylation is 1. The lowest BCUT2D eigenvalue weighted by molar-refractivity contribution is -0.141. The molecule has 0 saturated carbocycles. The Bertz CT molecular complexity index is 561. The summed E-state index contributed by atoms with van der Waals surface area (Å²) < 4.78 is 39.1. The molecule has 0 radical (unpaired) electrons. The standard InChI is InChI=1S/C12H10ClF3N2/c1-2-9-7-11(12(14,15)16)17-18(9)10-5-3-4-8(13)6-10/h3-7H,2H2,1H3. The average Bonchev–Trinajstić information content (AvgIpc) is 2.72. The Labute approximate surface area is 107 Å². The van der Waals surface area contributed by atoms with Gasteiger partial charge in [-0.3, -0.25) is 0 Å². The summed E-state index contributed by atoms with van der Waals surface area (Å²) in [5.74, 6) is 0. The molecule has 0 aliphatic heterocycles. The maximum absolute atomic E-state index is 12.6. The summed E-state index contributed by atoms with van der Waals surface area (Å²) in [7, 11) is 0. The molecule has 0 fully saturated rings. The highest BCUT2D eigenvalue weighted by atomic mass is 35.5. The second-order valence-electron chi connectivity index (χ2n) is 3.76. The van der Waals surface area contributed by atoms with Gasteiger partial charge in [0.2, 0.25) is 0 Å². The number of aromatic nitrogens is 2. The van der Waals surface area contributed by atoms with Crippen molar-refractivity contribution >= 4 is 11.6 Å². The Kier molecular flexibility index (Phi) is 3.34. The topological polar surface area (TPSA) is 17.8 Å². The van der Waals surface area contributed by atoms with Crippen LogP contribution >= 0.6 is 11.6 Å². The van der Waals surface area contributed by atoms with Crippen LogP contribution in [0, 0.1) is 0 Å². The minimum absolute atomic E-state index is 0.454. The molecule has 0 amide bonds. The van der Waals surface area contributed by atoms with E-state index < -0.39 is 11.9 Å². The highest BCUT2D eigenvalue weighted by Crippen LogP contribution is 2.30. The number of hydrogen-bond donors (Lipinski definition) is 0. The third-order valence-corrected chi connectivity index (χ3v) is 2.72. The second kappa shape index (κ2) is 4.65. The van der Waals surface area contributed by atoms with Crippen molar-refractivity contribution in [2.24, 2.45) is 0 Å². The molecule has 0 bridgehead atoms. The number of halogens is 4. The molecule has 0 aliphatic rings. The minimum Gasteiger partial charge on any atom is -0.237 e. The van der Waals surface area contributed by atoms with Gasteiger partial charge in [-0.15, -0.1) is 0 Å². The molecular formula is C12H10ClF3N2. The van der Waals surface area contributed by atoms with Crippen molar-refractivity contribution in [3.8, 4) is 5.69 Å². The lowest BCUT2D eigenvalue weighted by Gasteiger charge is -2.06. The van der Waals surface area contributed by atoms with Crippen LogP contribution in [-0.4, -0.2) is 9.78 Å². The van der Waals surface area contributed by atoms with Gasteiger partial charge >= 0.3 is 6.18 Å². The minimum atomic E-state index is -4.44. The third-order valence-electron chi connectivity index (χ3n) is 2.49. The van der Waals surface area contributed by atoms with E-state index in [4.69, 9.17) is 11.6 Å². The zero-order valence-electron chi connectivity index (χ0n) is 9.50. The quantitative estimate of drug-likeness (QED) is 0.806. The maximum Gasteiger partial charge on any atom is 0.435 e. The van der Waals surface area contributed by atoms with Crippen molar-refractivity contribution in [2.75, 3.05) is 0 Å². The van der Waals surface area contributed by atoms with Gasteiger partial charge in [0.15, 0.2) is 5.69 Å². The Morgan fingerprint density at radius 3 is 2.56 bits per heavy atom. The first-order valence-corrected chi connectivity index (χ1v) is 5.71. The van der Waals surface area contributed by atoms with Crippen molar-refractivity contribution in [3.05, 3.63) is 46.7 Å². The molecule has 0 saturated heterocycles. The Morgan fingerprint density at radius 1 is 1.28 bits per heavy atom. The van der Waals surface area contributed by atoms with Crippen LogP contribution in [0.25, 0.3) is 5.69 Å². The summed E-state index contributed by atoms with van der Waals surface area (Å²) in [6.45, 7) is 1.78. The molecule has 96 valence electrons. The van der Waals surface area contributed by atoms with Gasteiger partial charge in [-0.25, -0.2) is 4.68 Å². The number of benzene rings is 1. The van der Waals surface area contributed by atoms with E-state index in [0.717, 1.165) is 6.07 Å². The van der Waals surface area contributed by atoms with E-state index in [1.165, 1.54) is 4.68 Å². The van der Waals surface area contributed by atoms with Crippen LogP contribution in [0.4, 0.5) is 13.2 Å². The predicted octanol–water partition coefficient (Wildman–Crippen LogP) is 4.11. The van der Waals surface area contributed by atoms with Gasteiger partial charge in [0.1, 0.15) is 0 Å². The number of hydrogen-bond acceptors (Lipinski definition) is 1. The Morgan fingerprint density at radius 2 is 2.00 bits per heavy atom. The molecule has 2 nitrogen and oxygen atoms in total. The van der Waals surface area contributed by atoms with Gasteiger partial charge in [0, 0.05) is 10.7 Å². The van der Waals surface area contributed by atoms with E-state index in [1.807, 2.05) is 0 Å². The first-order chi connectivity index (χ1) is 8.41. The molecule has 0 unspecified atom stereocenters. The molecule has 0 spiro atoms. The number of alkyl halides is 3. The van der Waals surface area contributed by atoms with Gasteiger partial charge in [-0.2, -0.15) is 18.3 Å². The van der Waals surface area contributed by atoms with Crippen molar-refractivity contribution in [3.63, 3.8) is 0 Å². The average molecular weight is 275 g/mol. The van der Waals surface area contributed by atoms with Crippen LogP contribution in [0.5, 0.6) is 0 Å². The van der Waals surface area contributed by atoms with Crippen LogP contribution in [0.3, 0.4) is 0 Å². The molecule has 0 N–H and O–H groups in total. The summed E-state index contributed by atoms with van der Waals surface area (Å²) in [5.41, 5.74) is 0.124. The molecule has 1 heterocycles. The Hall–Kier alpha value is -1.49. The largest absolute Gasteiger partial charge is 0.435 e. The van der Waals surface area contributed by atoms with Crippen molar-refractivity contribution in [1.82, 2.24) is 9.78 Å². The van der Waals surface area contributed by atoms with E-state index in [2.05, 4.69) is 5.10 Å². The van der Waals surface area contributed by atoms with E-state index in [9.17, 15) is 13.2 Å². The molecule has 6 heteroatoms. The van der Waals surface area contributed by atoms with E-state index in [0.29, 0.717) is 22.8 Å². The summed E-state index contributed by atoms with van der Waals surface area (Å²) in [5, 5.41) is 4.05. The molecule has 2 rings (SSSR count). The van der Waals surface area contributed by atoms with Crippen LogP contribution in [0.15, 0.2) is 30.3 Å². The first-order valence-electron chi connectivity index (χ1n) is 5.34. The molecule has 18 heavy (non-hydrogen) atoms. The zero-order chi connectivity index (χ0) is 13.3. The fourth-order valence-electron chi connectivity index (χ4n) is 1.64. The summed E-state index contributed by atoms with van der Waals surface area (Å²) in [6, 6.07) is 7.63. The van der Waals surface area contributed by atoms with Gasteiger partial charge in [0.25, 0.3) is 0 Å². The lowest BCUT2D eigenvalue weighted by Crippen LogP contribution is -2.07. The highest BCUT2D eigenvalue weighted by Gasteiger charge is 2.34. The molecular weight excluding hydrogens is 265 g/mol. The van der Waals surface area contributed by atoms with Crippen LogP contribution in [0.1, 0.15) is 18.3 Å². The van der Waals surface area contributed by atoms with Crippen molar-refractivity contribution < 1.29 is 13.2 Å². The Balaban J connectivity index is 2.54. The van der Waals surface area contributed by atoms with Gasteiger partial charge in [-0.1, -0.05) is 24.6 Å². The molecule has 1 aromatic heterocycles. The molecule has 0 aliphatic carbocycles. The van der Waals surface area contributed by atoms with Crippen LogP contribution < -0.4 is 0 Å². The van der Waals surface area contributed by atoms with Gasteiger partial charge < -0.3 is 0 Å². The SMILES string of the molecule is CCc1cc(C(F)(F)F)nn1-c1cccc(Cl)c1. The van der Waals surface area contributed by atoms with Gasteiger partial charge in [0.05, 0.1) is 5.69 Å². The van der Waals surface area contributed by atoms with Crippen LogP contribution in [-0.2, 0) is 12.6 Å². The summed E-state index contributed by atoms with van der Waals surface area (Å²) in [6.07, 6.45) is -3.98. The van der Waals surface area contributed by atoms with E-state index in [-0.39, 0.29) is 0 Å². The number of rotatable bonds is 2. The molecule has 1 aromatic carbocycles. The predicted molar refractivity (Wildman–Crippen MR) is 63.0 cm³/mol. The van der Waals surface area contributed by atoms with Crippen molar-refractivity contribution in [2.45, 2.75) is 19.5 Å². The number of nitrogens with zero attached hydrogens (tertiary/aromatic N) is 2. The second-order valence-corrected chi connectivity index (χ2v) is 4.20. The fraction of sp³-hybridized carbons (Fsp3) is 0.250. The smallest absolute Gasteiger partial charge is 0.237 e. The third kappa shape index (κ3) is 2.51. The lowest BCUT2D eigenvalue weighted by atomic mass is 10.2. The summed E-state index contributed by atoms with van der Waals surface area (Å²) >= 11 is 5.82. The van der Waals surface area contributed by atoms with Gasteiger partial charge in [-0.05, 0) is 30.7 Å². The normalized spacial score (nSPS) is 11.8. The van der Waals surface area contributed by atoms with E-state index in [1.54, 1.807) is 31.2 Å². The molecule has 2 aromatic rings. The maximum atomic E-state index is 12.6. The monoisotopic (exact) mass is 274 g/mol. The first kappa shape index (κ1) is 13.0. The molecule has 0 atom stereocenters. The highest BCUT2D eigenvalue weighted by molar-refractivity contribution is 6.30. The van der Waals surface area contributed by atoms with Crippen LogP contribution in [0.2, 0.25) is 5.02 Å². The van der Waals surface area contributed by atoms with E-state index >= 15 is 0 Å². The van der Waals surface area contributed by atoms with Crippen molar-refractivity contribution in [1.29, 1.82) is 0 Å². The fourth-order valence-corrected chi connectivity index (χ4v) is 1.83. The zero-order valence-corrected chi connectivity index (χ0v) is 10.3. The summed E-state index contributed by atoms with van der Waals surface area (Å²) in [4.78, 5) is 0.